The fourth-order valence-corrected chi connectivity index (χ4v) is 6.18. The maximum Gasteiger partial charge on any atom is 0.228 e. The van der Waals surface area contributed by atoms with E-state index in [2.05, 4.69) is 4.98 Å². The molecular weight excluding hydrogens is 352 g/mol. The van der Waals surface area contributed by atoms with Gasteiger partial charge in [0.2, 0.25) is 5.91 Å². The van der Waals surface area contributed by atoms with Gasteiger partial charge in [-0.3, -0.25) is 4.79 Å². The molecule has 0 radical (unpaired) electrons. The lowest BCUT2D eigenvalue weighted by molar-refractivity contribution is -0.132. The van der Waals surface area contributed by atoms with E-state index in [0.717, 1.165) is 15.6 Å². The van der Waals surface area contributed by atoms with Crippen LogP contribution in [0.2, 0.25) is 0 Å². The van der Waals surface area contributed by atoms with E-state index in [1.807, 2.05) is 29.8 Å². The Balaban J connectivity index is 1.68. The van der Waals surface area contributed by atoms with Crippen molar-refractivity contribution < 1.29 is 13.2 Å². The molecule has 2 aromatic heterocycles. The van der Waals surface area contributed by atoms with Crippen molar-refractivity contribution in [1.29, 1.82) is 0 Å². The van der Waals surface area contributed by atoms with Gasteiger partial charge in [0.05, 0.1) is 28.5 Å². The smallest absolute Gasteiger partial charge is 0.228 e. The number of thiazole rings is 1. The van der Waals surface area contributed by atoms with Crippen molar-refractivity contribution in [3.63, 3.8) is 0 Å². The summed E-state index contributed by atoms with van der Waals surface area (Å²) in [6.45, 7) is 2.42. The van der Waals surface area contributed by atoms with Crippen molar-refractivity contribution in [3.8, 4) is 9.88 Å². The van der Waals surface area contributed by atoms with E-state index in [9.17, 15) is 13.2 Å². The van der Waals surface area contributed by atoms with Crippen LogP contribution in [0.5, 0.6) is 0 Å². The van der Waals surface area contributed by atoms with Crippen molar-refractivity contribution in [1.82, 2.24) is 9.88 Å². The lowest BCUT2D eigenvalue weighted by atomic mass is 10.2. The molecule has 23 heavy (non-hydrogen) atoms. The van der Waals surface area contributed by atoms with Crippen LogP contribution in [0, 0.1) is 0 Å². The molecule has 8 heteroatoms. The molecule has 0 spiro atoms. The summed E-state index contributed by atoms with van der Waals surface area (Å²) in [6, 6.07) is 3.80. The number of aromatic nitrogens is 1. The van der Waals surface area contributed by atoms with Crippen molar-refractivity contribution in [2.45, 2.75) is 25.8 Å². The third kappa shape index (κ3) is 3.81. The molecule has 2 aromatic rings. The summed E-state index contributed by atoms with van der Waals surface area (Å²) in [5.41, 5.74) is 0.753. The Hall–Kier alpha value is -1.25. The second-order valence-electron chi connectivity index (χ2n) is 5.53. The zero-order valence-corrected chi connectivity index (χ0v) is 15.2. The van der Waals surface area contributed by atoms with Gasteiger partial charge in [0.1, 0.15) is 5.01 Å². The standard InChI is InChI=1S/C15H18N2O3S3/c1-2-17(12-5-7-23(19,20)10-12)14(18)8-11-9-22-15(16-11)13-4-3-6-21-13/h3-4,6,9,12H,2,5,7-8,10H2,1H3. The zero-order chi connectivity index (χ0) is 16.4. The Morgan fingerprint density at radius 1 is 1.43 bits per heavy atom. The number of likely N-dealkylation sites (N-methyl/N-ethyl adjacent to an activating group) is 1. The average molecular weight is 371 g/mol. The highest BCUT2D eigenvalue weighted by Crippen LogP contribution is 2.28. The van der Waals surface area contributed by atoms with Crippen LogP contribution in [0.4, 0.5) is 0 Å². The van der Waals surface area contributed by atoms with Crippen LogP contribution in [-0.4, -0.2) is 48.3 Å². The first-order valence-corrected chi connectivity index (χ1v) is 11.0. The average Bonchev–Trinajstić information content (AvgIpc) is 3.20. The summed E-state index contributed by atoms with van der Waals surface area (Å²) in [5.74, 6) is 0.225. The van der Waals surface area contributed by atoms with E-state index in [0.29, 0.717) is 13.0 Å². The van der Waals surface area contributed by atoms with E-state index in [1.54, 1.807) is 16.2 Å². The summed E-state index contributed by atoms with van der Waals surface area (Å²) in [6.07, 6.45) is 0.770. The van der Waals surface area contributed by atoms with E-state index in [4.69, 9.17) is 0 Å². The van der Waals surface area contributed by atoms with Gasteiger partial charge < -0.3 is 4.90 Å². The predicted molar refractivity (Wildman–Crippen MR) is 93.6 cm³/mol. The molecule has 124 valence electrons. The second-order valence-corrected chi connectivity index (χ2v) is 9.57. The molecule has 1 unspecified atom stereocenters. The highest BCUT2D eigenvalue weighted by atomic mass is 32.2. The third-order valence-corrected chi connectivity index (χ3v) is 7.61. The Bertz CT molecular complexity index is 781. The molecule has 1 aliphatic rings. The fourth-order valence-electron chi connectivity index (χ4n) is 2.82. The highest BCUT2D eigenvalue weighted by Gasteiger charge is 2.33. The maximum atomic E-state index is 12.5. The quantitative estimate of drug-likeness (QED) is 0.811. The second kappa shape index (κ2) is 6.70. The molecule has 0 bridgehead atoms. The summed E-state index contributed by atoms with van der Waals surface area (Å²) >= 11 is 3.16. The number of carbonyl (C=O) groups is 1. The molecule has 1 amide bonds. The van der Waals surface area contributed by atoms with Gasteiger partial charge in [0.25, 0.3) is 0 Å². The van der Waals surface area contributed by atoms with Crippen LogP contribution in [-0.2, 0) is 21.1 Å². The topological polar surface area (TPSA) is 67.3 Å². The van der Waals surface area contributed by atoms with Gasteiger partial charge in [0.15, 0.2) is 9.84 Å². The number of amides is 1. The van der Waals surface area contributed by atoms with E-state index in [-0.39, 0.29) is 29.9 Å². The molecule has 0 aliphatic carbocycles. The van der Waals surface area contributed by atoms with Gasteiger partial charge in [0, 0.05) is 18.0 Å². The molecule has 1 atom stereocenters. The molecule has 1 saturated heterocycles. The minimum Gasteiger partial charge on any atom is -0.339 e. The number of sulfone groups is 1. The van der Waals surface area contributed by atoms with Gasteiger partial charge in [-0.2, -0.15) is 0 Å². The van der Waals surface area contributed by atoms with Crippen LogP contribution in [0.25, 0.3) is 9.88 Å². The van der Waals surface area contributed by atoms with Crippen LogP contribution in [0.1, 0.15) is 19.0 Å². The first-order chi connectivity index (χ1) is 11.0. The number of hydrogen-bond donors (Lipinski definition) is 0. The minimum atomic E-state index is -2.99. The lowest BCUT2D eigenvalue weighted by Gasteiger charge is -2.26. The first kappa shape index (κ1) is 16.6. The molecule has 3 rings (SSSR count). The summed E-state index contributed by atoms with van der Waals surface area (Å²) in [4.78, 5) is 19.9. The number of thiophene rings is 1. The zero-order valence-electron chi connectivity index (χ0n) is 12.8. The molecule has 1 fully saturated rings. The fraction of sp³-hybridized carbons (Fsp3) is 0.467. The van der Waals surface area contributed by atoms with Gasteiger partial charge in [-0.05, 0) is 24.8 Å². The number of carbonyl (C=O) groups excluding carboxylic acids is 1. The Morgan fingerprint density at radius 3 is 2.87 bits per heavy atom. The number of hydrogen-bond acceptors (Lipinski definition) is 6. The summed E-state index contributed by atoms with van der Waals surface area (Å²) in [7, 11) is -2.99. The predicted octanol–water partition coefficient (Wildman–Crippen LogP) is 2.45. The lowest BCUT2D eigenvalue weighted by Crippen LogP contribution is -2.41. The van der Waals surface area contributed by atoms with Crippen molar-refractivity contribution in [2.24, 2.45) is 0 Å². The maximum absolute atomic E-state index is 12.5. The van der Waals surface area contributed by atoms with E-state index >= 15 is 0 Å². The van der Waals surface area contributed by atoms with Crippen LogP contribution < -0.4 is 0 Å². The van der Waals surface area contributed by atoms with Crippen LogP contribution >= 0.6 is 22.7 Å². The highest BCUT2D eigenvalue weighted by molar-refractivity contribution is 7.91. The van der Waals surface area contributed by atoms with Crippen molar-refractivity contribution in [2.75, 3.05) is 18.1 Å². The minimum absolute atomic E-state index is 0.0439. The monoisotopic (exact) mass is 370 g/mol. The van der Waals surface area contributed by atoms with E-state index in [1.165, 1.54) is 11.3 Å². The summed E-state index contributed by atoms with van der Waals surface area (Å²) in [5, 5.41) is 4.84. The third-order valence-electron chi connectivity index (χ3n) is 3.93. The molecule has 0 saturated carbocycles. The SMILES string of the molecule is CCN(C(=O)Cc1csc(-c2cccs2)n1)C1CCS(=O)(=O)C1. The van der Waals surface area contributed by atoms with Gasteiger partial charge in [-0.15, -0.1) is 22.7 Å². The first-order valence-electron chi connectivity index (χ1n) is 7.46. The molecule has 3 heterocycles. The van der Waals surface area contributed by atoms with Gasteiger partial charge in [-0.25, -0.2) is 13.4 Å². The summed E-state index contributed by atoms with van der Waals surface area (Å²) < 4.78 is 23.3. The van der Waals surface area contributed by atoms with Crippen molar-refractivity contribution in [3.05, 3.63) is 28.6 Å². The molecule has 1 aliphatic heterocycles. The molecule has 0 aromatic carbocycles. The largest absolute Gasteiger partial charge is 0.339 e. The van der Waals surface area contributed by atoms with E-state index < -0.39 is 9.84 Å². The number of rotatable bonds is 5. The van der Waals surface area contributed by atoms with Gasteiger partial charge in [-0.1, -0.05) is 6.07 Å². The van der Waals surface area contributed by atoms with Crippen molar-refractivity contribution >= 4 is 38.4 Å². The number of nitrogens with zero attached hydrogens (tertiary/aromatic N) is 2. The van der Waals surface area contributed by atoms with Crippen LogP contribution in [0.3, 0.4) is 0 Å². The van der Waals surface area contributed by atoms with Crippen LogP contribution in [0.15, 0.2) is 22.9 Å². The normalized spacial score (nSPS) is 19.8. The molecule has 0 N–H and O–H groups in total. The Morgan fingerprint density at radius 2 is 2.26 bits per heavy atom. The molecule has 5 nitrogen and oxygen atoms in total. The Kier molecular flexibility index (Phi) is 4.84. The van der Waals surface area contributed by atoms with Gasteiger partial charge >= 0.3 is 0 Å². The molecular formula is C15H18N2O3S3. The Labute approximate surface area is 143 Å².